The average molecular weight is 404 g/mol. The van der Waals surface area contributed by atoms with Crippen LogP contribution in [0.5, 0.6) is 0 Å². The Bertz CT molecular complexity index is 1070. The van der Waals surface area contributed by atoms with Crippen LogP contribution in [0.3, 0.4) is 0 Å². The third-order valence-corrected chi connectivity index (χ3v) is 6.25. The molecule has 0 spiro atoms. The van der Waals surface area contributed by atoms with Gasteiger partial charge in [-0.15, -0.1) is 11.3 Å². The highest BCUT2D eigenvalue weighted by Gasteiger charge is 2.45. The maximum Gasteiger partial charge on any atom is 0.294 e. The molecule has 29 heavy (non-hydrogen) atoms. The zero-order chi connectivity index (χ0) is 20.4. The van der Waals surface area contributed by atoms with Crippen LogP contribution in [-0.2, 0) is 16.0 Å². The molecule has 2 aromatic carbocycles. The summed E-state index contributed by atoms with van der Waals surface area (Å²) in [6.07, 6.45) is 0.798. The van der Waals surface area contributed by atoms with Gasteiger partial charge in [0.25, 0.3) is 5.91 Å². The van der Waals surface area contributed by atoms with E-state index >= 15 is 0 Å². The van der Waals surface area contributed by atoms with Gasteiger partial charge in [-0.3, -0.25) is 14.5 Å². The lowest BCUT2D eigenvalue weighted by Gasteiger charge is -2.26. The van der Waals surface area contributed by atoms with Gasteiger partial charge in [0, 0.05) is 17.0 Å². The maximum absolute atomic E-state index is 13.2. The van der Waals surface area contributed by atoms with E-state index in [1.54, 1.807) is 0 Å². The maximum atomic E-state index is 13.2. The Hall–Kier alpha value is -3.18. The lowest BCUT2D eigenvalue weighted by molar-refractivity contribution is -0.118. The van der Waals surface area contributed by atoms with Gasteiger partial charge in [-0.1, -0.05) is 48.5 Å². The number of para-hydroxylation sites is 1. The van der Waals surface area contributed by atoms with Crippen molar-refractivity contribution in [1.29, 1.82) is 0 Å². The molecule has 0 saturated carbocycles. The zero-order valence-electron chi connectivity index (χ0n) is 16.0. The van der Waals surface area contributed by atoms with E-state index in [1.165, 1.54) is 16.2 Å². The topological polar surface area (TPSA) is 57.6 Å². The summed E-state index contributed by atoms with van der Waals surface area (Å²) in [6.45, 7) is 1.96. The number of anilines is 1. The summed E-state index contributed by atoms with van der Waals surface area (Å²) in [7, 11) is 0. The minimum atomic E-state index is -0.604. The number of amides is 1. The Kier molecular flexibility index (Phi) is 5.32. The minimum Gasteiger partial charge on any atom is -0.503 e. The van der Waals surface area contributed by atoms with Crippen molar-refractivity contribution in [2.45, 2.75) is 25.8 Å². The van der Waals surface area contributed by atoms with Gasteiger partial charge in [0.1, 0.15) is 6.04 Å². The van der Waals surface area contributed by atoms with Crippen LogP contribution in [0.2, 0.25) is 0 Å². The molecule has 1 aromatic heterocycles. The van der Waals surface area contributed by atoms with Crippen molar-refractivity contribution >= 4 is 28.7 Å². The van der Waals surface area contributed by atoms with E-state index in [4.69, 9.17) is 0 Å². The molecular formula is C24H21NO3S. The molecule has 1 unspecified atom stereocenters. The van der Waals surface area contributed by atoms with E-state index in [2.05, 4.69) is 0 Å². The molecule has 1 aliphatic heterocycles. The molecule has 146 valence electrons. The highest BCUT2D eigenvalue weighted by atomic mass is 32.1. The van der Waals surface area contributed by atoms with Gasteiger partial charge in [0.15, 0.2) is 11.5 Å². The molecule has 4 rings (SSSR count). The number of benzene rings is 2. The number of nitrogens with zero attached hydrogens (tertiary/aromatic N) is 1. The summed E-state index contributed by atoms with van der Waals surface area (Å²) in [4.78, 5) is 28.6. The monoisotopic (exact) mass is 403 g/mol. The Morgan fingerprint density at radius 3 is 2.31 bits per heavy atom. The fourth-order valence-corrected chi connectivity index (χ4v) is 4.72. The Morgan fingerprint density at radius 2 is 1.69 bits per heavy atom. The fourth-order valence-electron chi connectivity index (χ4n) is 3.69. The van der Waals surface area contributed by atoms with Gasteiger partial charge in [-0.2, -0.15) is 0 Å². The number of ketones is 1. The number of aliphatic hydroxyl groups is 1. The van der Waals surface area contributed by atoms with Crippen LogP contribution in [0.15, 0.2) is 83.4 Å². The fraction of sp³-hybridized carbons (Fsp3) is 0.167. The molecule has 1 amide bonds. The number of Topliss-reactive ketones (excluding diaryl/α,β-unsaturated/α-hetero) is 1. The number of rotatable bonds is 6. The van der Waals surface area contributed by atoms with Gasteiger partial charge in [-0.05, 0) is 48.1 Å². The number of hydrogen-bond acceptors (Lipinski definition) is 4. The molecule has 4 nitrogen and oxygen atoms in total. The molecule has 5 heteroatoms. The van der Waals surface area contributed by atoms with E-state index < -0.39 is 17.7 Å². The second kappa shape index (κ2) is 8.05. The van der Waals surface area contributed by atoms with E-state index in [-0.39, 0.29) is 17.8 Å². The van der Waals surface area contributed by atoms with Crippen molar-refractivity contribution < 1.29 is 14.7 Å². The number of thiophene rings is 1. The average Bonchev–Trinajstić information content (AvgIpc) is 3.28. The third-order valence-electron chi connectivity index (χ3n) is 5.18. The standard InChI is InChI=1S/C24H21NO3S/c1-16-14-15-29-23(16)21-20(19(26)13-12-17-8-4-2-5-9-17)22(27)24(28)25(21)18-10-6-3-7-11-18/h2-11,14-15,21,27H,12-13H2,1H3. The first-order chi connectivity index (χ1) is 14.1. The number of hydrogen-bond donors (Lipinski definition) is 1. The largest absolute Gasteiger partial charge is 0.503 e. The summed E-state index contributed by atoms with van der Waals surface area (Å²) >= 11 is 1.49. The molecule has 2 heterocycles. The minimum absolute atomic E-state index is 0.195. The van der Waals surface area contributed by atoms with Crippen LogP contribution in [0.4, 0.5) is 5.69 Å². The van der Waals surface area contributed by atoms with Gasteiger partial charge < -0.3 is 5.11 Å². The number of carbonyl (C=O) groups is 2. The van der Waals surface area contributed by atoms with E-state index in [0.717, 1.165) is 16.0 Å². The van der Waals surface area contributed by atoms with Crippen molar-refractivity contribution in [3.05, 3.63) is 99.4 Å². The summed E-state index contributed by atoms with van der Waals surface area (Å²) in [6, 6.07) is 20.3. The van der Waals surface area contributed by atoms with Crippen molar-refractivity contribution in [2.24, 2.45) is 0 Å². The smallest absolute Gasteiger partial charge is 0.294 e. The summed E-state index contributed by atoms with van der Waals surface area (Å²) in [5.41, 5.74) is 2.90. The van der Waals surface area contributed by atoms with Crippen LogP contribution in [0.25, 0.3) is 0 Å². The van der Waals surface area contributed by atoms with Crippen LogP contribution in [-0.4, -0.2) is 16.8 Å². The molecule has 3 aromatic rings. The lowest BCUT2D eigenvalue weighted by atomic mass is 9.95. The molecule has 0 saturated heterocycles. The van der Waals surface area contributed by atoms with Crippen LogP contribution in [0, 0.1) is 6.92 Å². The molecule has 0 aliphatic carbocycles. The van der Waals surface area contributed by atoms with Crippen LogP contribution >= 0.6 is 11.3 Å². The zero-order valence-corrected chi connectivity index (χ0v) is 16.9. The first-order valence-corrected chi connectivity index (χ1v) is 10.4. The van der Waals surface area contributed by atoms with E-state index in [1.807, 2.05) is 79.0 Å². The molecule has 0 fully saturated rings. The van der Waals surface area contributed by atoms with Crippen LogP contribution in [0.1, 0.15) is 28.5 Å². The predicted molar refractivity (Wildman–Crippen MR) is 115 cm³/mol. The van der Waals surface area contributed by atoms with E-state index in [0.29, 0.717) is 12.1 Å². The number of aryl methyl sites for hydroxylation is 2. The van der Waals surface area contributed by atoms with Gasteiger partial charge in [0.2, 0.25) is 0 Å². The summed E-state index contributed by atoms with van der Waals surface area (Å²) < 4.78 is 0. The normalized spacial score (nSPS) is 16.5. The molecule has 1 N–H and O–H groups in total. The summed E-state index contributed by atoms with van der Waals surface area (Å²) in [5.74, 6) is -1.17. The Balaban J connectivity index is 1.71. The van der Waals surface area contributed by atoms with Crippen LogP contribution < -0.4 is 4.90 Å². The number of aliphatic hydroxyl groups excluding tert-OH is 1. The van der Waals surface area contributed by atoms with Crippen molar-refractivity contribution in [3.63, 3.8) is 0 Å². The second-order valence-electron chi connectivity index (χ2n) is 7.05. The highest BCUT2D eigenvalue weighted by Crippen LogP contribution is 2.44. The predicted octanol–water partition coefficient (Wildman–Crippen LogP) is 5.16. The van der Waals surface area contributed by atoms with Crippen molar-refractivity contribution in [1.82, 2.24) is 0 Å². The Labute approximate surface area is 173 Å². The van der Waals surface area contributed by atoms with Gasteiger partial charge >= 0.3 is 0 Å². The second-order valence-corrected chi connectivity index (χ2v) is 8.00. The first kappa shape index (κ1) is 19.2. The first-order valence-electron chi connectivity index (χ1n) is 9.50. The van der Waals surface area contributed by atoms with Crippen molar-refractivity contribution in [3.8, 4) is 0 Å². The highest BCUT2D eigenvalue weighted by molar-refractivity contribution is 7.10. The third kappa shape index (κ3) is 3.61. The lowest BCUT2D eigenvalue weighted by Crippen LogP contribution is -2.30. The van der Waals surface area contributed by atoms with Gasteiger partial charge in [-0.25, -0.2) is 0 Å². The molecule has 1 aliphatic rings. The Morgan fingerprint density at radius 1 is 1.03 bits per heavy atom. The molecule has 1 atom stereocenters. The van der Waals surface area contributed by atoms with E-state index in [9.17, 15) is 14.7 Å². The SMILES string of the molecule is Cc1ccsc1C1C(C(=O)CCc2ccccc2)=C(O)C(=O)N1c1ccccc1. The van der Waals surface area contributed by atoms with Crippen molar-refractivity contribution in [2.75, 3.05) is 4.90 Å². The quantitative estimate of drug-likeness (QED) is 0.619. The van der Waals surface area contributed by atoms with Gasteiger partial charge in [0.05, 0.1) is 5.57 Å². The molecular weight excluding hydrogens is 382 g/mol. The number of carbonyl (C=O) groups excluding carboxylic acids is 2. The summed E-state index contributed by atoms with van der Waals surface area (Å²) in [5, 5.41) is 12.6. The molecule has 0 bridgehead atoms. The molecule has 0 radical (unpaired) electrons.